The number of carbonyl (C=O) groups is 2. The topological polar surface area (TPSA) is 95.2 Å². The van der Waals surface area contributed by atoms with Crippen molar-refractivity contribution in [3.05, 3.63) is 42.5 Å². The van der Waals surface area contributed by atoms with E-state index in [0.29, 0.717) is 11.4 Å². The molecule has 0 aromatic carbocycles. The summed E-state index contributed by atoms with van der Waals surface area (Å²) in [5.74, 6) is -1.05. The number of hydrogen-bond acceptors (Lipinski definition) is 3. The van der Waals surface area contributed by atoms with Crippen molar-refractivity contribution in [2.75, 3.05) is 0 Å². The molecular formula is C12H11N3O4+2. The number of nitrogens with zero attached hydrogens (tertiary/aromatic N) is 3. The number of carboxylic acids is 1. The molecule has 2 heterocycles. The molecule has 0 aliphatic heterocycles. The van der Waals surface area contributed by atoms with E-state index in [4.69, 9.17) is 10.2 Å². The molecule has 0 bridgehead atoms. The van der Waals surface area contributed by atoms with E-state index in [1.807, 2.05) is 0 Å². The van der Waals surface area contributed by atoms with Gasteiger partial charge in [0, 0.05) is 12.1 Å². The Morgan fingerprint density at radius 1 is 1.26 bits per heavy atom. The van der Waals surface area contributed by atoms with Gasteiger partial charge >= 0.3 is 12.1 Å². The third-order valence-electron chi connectivity index (χ3n) is 2.58. The molecule has 0 aliphatic carbocycles. The first kappa shape index (κ1) is 12.6. The van der Waals surface area contributed by atoms with Gasteiger partial charge in [-0.2, -0.15) is 9.36 Å². The van der Waals surface area contributed by atoms with Gasteiger partial charge in [0.1, 0.15) is 7.05 Å². The van der Waals surface area contributed by atoms with Crippen LogP contribution in [0.5, 0.6) is 0 Å². The Labute approximate surface area is 108 Å². The number of pyridine rings is 1. The summed E-state index contributed by atoms with van der Waals surface area (Å²) in [5.41, 5.74) is 0.992. The van der Waals surface area contributed by atoms with Crippen LogP contribution in [0.1, 0.15) is 10.4 Å². The predicted molar refractivity (Wildman–Crippen MR) is 61.4 cm³/mol. The van der Waals surface area contributed by atoms with E-state index in [1.54, 1.807) is 17.8 Å². The second kappa shape index (κ2) is 4.81. The molecule has 2 N–H and O–H groups in total. The molecule has 0 fully saturated rings. The van der Waals surface area contributed by atoms with E-state index in [-0.39, 0.29) is 5.56 Å². The molecule has 0 amide bonds. The maximum atomic E-state index is 10.9. The second-order valence-corrected chi connectivity index (χ2v) is 3.85. The first-order valence-corrected chi connectivity index (χ1v) is 5.33. The Morgan fingerprint density at radius 2 is 2.00 bits per heavy atom. The van der Waals surface area contributed by atoms with E-state index in [1.165, 1.54) is 30.7 Å². The van der Waals surface area contributed by atoms with Crippen LogP contribution in [0.3, 0.4) is 0 Å². The monoisotopic (exact) mass is 261 g/mol. The van der Waals surface area contributed by atoms with E-state index in [0.717, 1.165) is 4.57 Å². The maximum Gasteiger partial charge on any atom is 0.599 e. The molecular weight excluding hydrogens is 250 g/mol. The van der Waals surface area contributed by atoms with Gasteiger partial charge in [0.05, 0.1) is 11.8 Å². The van der Waals surface area contributed by atoms with Crippen LogP contribution in [-0.2, 0) is 7.05 Å². The lowest BCUT2D eigenvalue weighted by Gasteiger charge is -1.99. The number of aryl methyl sites for hydroxylation is 1. The van der Waals surface area contributed by atoms with Crippen molar-refractivity contribution in [1.82, 2.24) is 4.98 Å². The lowest BCUT2D eigenvalue weighted by atomic mass is 10.2. The van der Waals surface area contributed by atoms with Crippen LogP contribution >= 0.6 is 0 Å². The minimum absolute atomic E-state index is 0.112. The summed E-state index contributed by atoms with van der Waals surface area (Å²) in [6.45, 7) is 0. The number of carboxylic acid groups (broad SMARTS) is 2. The van der Waals surface area contributed by atoms with Crippen LogP contribution in [0, 0.1) is 0 Å². The molecule has 0 atom stereocenters. The molecule has 2 rings (SSSR count). The van der Waals surface area contributed by atoms with Gasteiger partial charge in [-0.1, -0.05) is 4.57 Å². The maximum absolute atomic E-state index is 10.9. The summed E-state index contributed by atoms with van der Waals surface area (Å²) < 4.78 is 2.62. The molecule has 0 spiro atoms. The Kier molecular flexibility index (Phi) is 3.19. The van der Waals surface area contributed by atoms with Crippen molar-refractivity contribution in [3.8, 4) is 11.4 Å². The summed E-state index contributed by atoms with van der Waals surface area (Å²) in [6, 6.07) is 2.90. The molecule has 2 aromatic heterocycles. The highest BCUT2D eigenvalue weighted by Crippen LogP contribution is 2.11. The highest BCUT2D eigenvalue weighted by molar-refractivity contribution is 5.88. The molecule has 96 valence electrons. The van der Waals surface area contributed by atoms with E-state index < -0.39 is 12.1 Å². The summed E-state index contributed by atoms with van der Waals surface area (Å²) in [6.07, 6.45) is 4.41. The predicted octanol–water partition coefficient (Wildman–Crippen LogP) is 0.0849. The van der Waals surface area contributed by atoms with Gasteiger partial charge in [0.25, 0.3) is 0 Å². The Bertz CT molecular complexity index is 670. The summed E-state index contributed by atoms with van der Waals surface area (Å²) in [7, 11) is 1.72. The number of aromatic carboxylic acids is 1. The van der Waals surface area contributed by atoms with Crippen molar-refractivity contribution in [1.29, 1.82) is 0 Å². The van der Waals surface area contributed by atoms with Gasteiger partial charge in [0.15, 0.2) is 18.1 Å². The SMILES string of the molecule is C[n+]1ccc(C(=O)O)cc1-c1c[n+](C(=O)O)ccn1. The van der Waals surface area contributed by atoms with E-state index in [9.17, 15) is 9.59 Å². The minimum atomic E-state index is -1.14. The van der Waals surface area contributed by atoms with Crippen molar-refractivity contribution < 1.29 is 28.9 Å². The Morgan fingerprint density at radius 3 is 2.63 bits per heavy atom. The standard InChI is InChI=1S/C12H9N3O4/c1-14-4-2-8(11(16)17)6-10(14)9-7-15(12(18)19)5-3-13-9/h2-7H,1H3/p+2. The average Bonchev–Trinajstić information content (AvgIpc) is 2.39. The Hall–Kier alpha value is -2.83. The fourth-order valence-electron chi connectivity index (χ4n) is 1.60. The molecule has 0 saturated heterocycles. The molecule has 7 nitrogen and oxygen atoms in total. The van der Waals surface area contributed by atoms with Crippen molar-refractivity contribution >= 4 is 12.1 Å². The quantitative estimate of drug-likeness (QED) is 0.747. The molecule has 7 heteroatoms. The van der Waals surface area contributed by atoms with Crippen LogP contribution < -0.4 is 9.13 Å². The highest BCUT2D eigenvalue weighted by atomic mass is 16.4. The van der Waals surface area contributed by atoms with Crippen LogP contribution in [0.2, 0.25) is 0 Å². The zero-order valence-electron chi connectivity index (χ0n) is 10.0. The van der Waals surface area contributed by atoms with Crippen molar-refractivity contribution in [2.24, 2.45) is 7.05 Å². The minimum Gasteiger partial charge on any atom is -0.478 e. The van der Waals surface area contributed by atoms with Gasteiger partial charge in [-0.05, 0) is 0 Å². The normalized spacial score (nSPS) is 10.2. The van der Waals surface area contributed by atoms with E-state index >= 15 is 0 Å². The fraction of sp³-hybridized carbons (Fsp3) is 0.0833. The molecule has 0 radical (unpaired) electrons. The third-order valence-corrected chi connectivity index (χ3v) is 2.58. The molecule has 0 aliphatic rings. The van der Waals surface area contributed by atoms with Gasteiger partial charge < -0.3 is 10.2 Å². The fourth-order valence-corrected chi connectivity index (χ4v) is 1.60. The van der Waals surface area contributed by atoms with Gasteiger partial charge in [-0.3, -0.25) is 0 Å². The first-order chi connectivity index (χ1) is 8.99. The van der Waals surface area contributed by atoms with Crippen LogP contribution in [0.15, 0.2) is 36.9 Å². The second-order valence-electron chi connectivity index (χ2n) is 3.85. The summed E-state index contributed by atoms with van der Waals surface area (Å²) in [5, 5.41) is 17.9. The first-order valence-electron chi connectivity index (χ1n) is 5.33. The zero-order chi connectivity index (χ0) is 14.0. The molecule has 0 saturated carbocycles. The van der Waals surface area contributed by atoms with Gasteiger partial charge in [0.2, 0.25) is 11.9 Å². The van der Waals surface area contributed by atoms with Crippen LogP contribution in [0.4, 0.5) is 4.79 Å². The number of aromatic nitrogens is 3. The highest BCUT2D eigenvalue weighted by Gasteiger charge is 2.20. The smallest absolute Gasteiger partial charge is 0.478 e. The molecule has 0 unspecified atom stereocenters. The molecule has 2 aromatic rings. The summed E-state index contributed by atoms with van der Waals surface area (Å²) in [4.78, 5) is 25.9. The molecule has 19 heavy (non-hydrogen) atoms. The average molecular weight is 261 g/mol. The van der Waals surface area contributed by atoms with Crippen molar-refractivity contribution in [2.45, 2.75) is 0 Å². The number of rotatable bonds is 2. The lowest BCUT2D eigenvalue weighted by Crippen LogP contribution is -2.41. The van der Waals surface area contributed by atoms with E-state index in [2.05, 4.69) is 4.98 Å². The Balaban J connectivity index is 2.57. The third kappa shape index (κ3) is 2.54. The van der Waals surface area contributed by atoms with Crippen LogP contribution in [0.25, 0.3) is 11.4 Å². The van der Waals surface area contributed by atoms with Crippen LogP contribution in [-0.4, -0.2) is 27.3 Å². The lowest BCUT2D eigenvalue weighted by molar-refractivity contribution is -0.661. The van der Waals surface area contributed by atoms with Crippen molar-refractivity contribution in [3.63, 3.8) is 0 Å². The largest absolute Gasteiger partial charge is 0.599 e. The van der Waals surface area contributed by atoms with Gasteiger partial charge in [-0.15, -0.1) is 0 Å². The zero-order valence-corrected chi connectivity index (χ0v) is 10.0. The number of hydrogen-bond donors (Lipinski definition) is 2. The summed E-state index contributed by atoms with van der Waals surface area (Å²) >= 11 is 0. The van der Waals surface area contributed by atoms with Gasteiger partial charge in [-0.25, -0.2) is 9.78 Å².